The standard InChI is InChI=1S/C14H26N2O/c1-11-7-8-12(9-15-11)10-16-14(17)13-5-3-2-4-6-13/h11-13,15H,2-10H2,1H3,(H,16,17). The number of hydrogen-bond donors (Lipinski definition) is 2. The van der Waals surface area contributed by atoms with Crippen LogP contribution < -0.4 is 10.6 Å². The maximum absolute atomic E-state index is 12.0. The molecule has 0 aromatic heterocycles. The molecule has 0 radical (unpaired) electrons. The van der Waals surface area contributed by atoms with Gasteiger partial charge in [-0.15, -0.1) is 0 Å². The minimum Gasteiger partial charge on any atom is -0.356 e. The summed E-state index contributed by atoms with van der Waals surface area (Å²) < 4.78 is 0. The average molecular weight is 238 g/mol. The fourth-order valence-electron chi connectivity index (χ4n) is 2.99. The van der Waals surface area contributed by atoms with E-state index < -0.39 is 0 Å². The molecule has 2 rings (SSSR count). The predicted octanol–water partition coefficient (Wildman–Crippen LogP) is 2.07. The zero-order valence-corrected chi connectivity index (χ0v) is 11.0. The molecule has 0 aromatic rings. The molecule has 3 nitrogen and oxygen atoms in total. The predicted molar refractivity (Wildman–Crippen MR) is 69.8 cm³/mol. The average Bonchev–Trinajstić information content (AvgIpc) is 2.39. The number of nitrogens with one attached hydrogen (secondary N) is 2. The van der Waals surface area contributed by atoms with Crippen molar-refractivity contribution in [3.63, 3.8) is 0 Å². The molecule has 2 N–H and O–H groups in total. The van der Waals surface area contributed by atoms with Crippen LogP contribution in [0.3, 0.4) is 0 Å². The SMILES string of the molecule is CC1CCC(CNC(=O)C2CCCCC2)CN1. The molecule has 1 aliphatic heterocycles. The first kappa shape index (κ1) is 12.9. The van der Waals surface area contributed by atoms with Crippen LogP contribution in [0.15, 0.2) is 0 Å². The van der Waals surface area contributed by atoms with Crippen molar-refractivity contribution in [1.29, 1.82) is 0 Å². The molecule has 2 aliphatic rings. The maximum atomic E-state index is 12.0. The number of piperidine rings is 1. The summed E-state index contributed by atoms with van der Waals surface area (Å²) in [6.07, 6.45) is 8.48. The largest absolute Gasteiger partial charge is 0.356 e. The van der Waals surface area contributed by atoms with Crippen molar-refractivity contribution >= 4 is 5.91 Å². The van der Waals surface area contributed by atoms with E-state index in [4.69, 9.17) is 0 Å². The summed E-state index contributed by atoms with van der Waals surface area (Å²) in [5, 5.41) is 6.64. The Bertz CT molecular complexity index is 241. The number of amides is 1. The molecule has 0 bridgehead atoms. The van der Waals surface area contributed by atoms with Gasteiger partial charge in [0, 0.05) is 18.5 Å². The van der Waals surface area contributed by atoms with Crippen molar-refractivity contribution in [2.24, 2.45) is 11.8 Å². The highest BCUT2D eigenvalue weighted by molar-refractivity contribution is 5.78. The van der Waals surface area contributed by atoms with Gasteiger partial charge < -0.3 is 10.6 Å². The zero-order valence-electron chi connectivity index (χ0n) is 11.0. The Morgan fingerprint density at radius 2 is 1.94 bits per heavy atom. The summed E-state index contributed by atoms with van der Waals surface area (Å²) >= 11 is 0. The van der Waals surface area contributed by atoms with Crippen LogP contribution in [0, 0.1) is 11.8 Å². The smallest absolute Gasteiger partial charge is 0.223 e. The van der Waals surface area contributed by atoms with Gasteiger partial charge in [0.1, 0.15) is 0 Å². The Kier molecular flexibility index (Phi) is 4.84. The molecule has 1 aliphatic carbocycles. The van der Waals surface area contributed by atoms with Crippen molar-refractivity contribution in [3.8, 4) is 0 Å². The second-order valence-electron chi connectivity index (χ2n) is 5.83. The number of hydrogen-bond acceptors (Lipinski definition) is 2. The van der Waals surface area contributed by atoms with Gasteiger partial charge in [-0.3, -0.25) is 4.79 Å². The summed E-state index contributed by atoms with van der Waals surface area (Å²) in [4.78, 5) is 12.0. The van der Waals surface area contributed by atoms with E-state index in [0.717, 1.165) is 25.9 Å². The lowest BCUT2D eigenvalue weighted by Gasteiger charge is -2.28. The molecule has 2 unspecified atom stereocenters. The van der Waals surface area contributed by atoms with Crippen LogP contribution >= 0.6 is 0 Å². The molecule has 0 spiro atoms. The maximum Gasteiger partial charge on any atom is 0.223 e. The van der Waals surface area contributed by atoms with Gasteiger partial charge in [0.15, 0.2) is 0 Å². The topological polar surface area (TPSA) is 41.1 Å². The van der Waals surface area contributed by atoms with Crippen LogP contribution in [0.4, 0.5) is 0 Å². The van der Waals surface area contributed by atoms with Crippen LogP contribution in [0.1, 0.15) is 51.9 Å². The molecular formula is C14H26N2O. The first-order valence-corrected chi connectivity index (χ1v) is 7.27. The summed E-state index contributed by atoms with van der Waals surface area (Å²) in [6.45, 7) is 4.16. The van der Waals surface area contributed by atoms with E-state index in [1.54, 1.807) is 0 Å². The van der Waals surface area contributed by atoms with Gasteiger partial charge in [0.05, 0.1) is 0 Å². The minimum absolute atomic E-state index is 0.305. The number of carbonyl (C=O) groups is 1. The lowest BCUT2D eigenvalue weighted by Crippen LogP contribution is -2.43. The second-order valence-corrected chi connectivity index (χ2v) is 5.83. The number of rotatable bonds is 3. The lowest BCUT2D eigenvalue weighted by atomic mass is 9.88. The highest BCUT2D eigenvalue weighted by atomic mass is 16.1. The summed E-state index contributed by atoms with van der Waals surface area (Å²) in [6, 6.07) is 0.653. The third-order valence-corrected chi connectivity index (χ3v) is 4.30. The Morgan fingerprint density at radius 1 is 1.18 bits per heavy atom. The van der Waals surface area contributed by atoms with Crippen molar-refractivity contribution < 1.29 is 4.79 Å². The van der Waals surface area contributed by atoms with Gasteiger partial charge in [-0.05, 0) is 45.1 Å². The van der Waals surface area contributed by atoms with Gasteiger partial charge in [-0.2, -0.15) is 0 Å². The molecule has 1 amide bonds. The number of carbonyl (C=O) groups excluding carboxylic acids is 1. The molecule has 98 valence electrons. The summed E-state index contributed by atoms with van der Waals surface area (Å²) in [7, 11) is 0. The van der Waals surface area contributed by atoms with Crippen LogP contribution in [0.25, 0.3) is 0 Å². The molecule has 1 saturated carbocycles. The van der Waals surface area contributed by atoms with Gasteiger partial charge in [0.2, 0.25) is 5.91 Å². The third-order valence-electron chi connectivity index (χ3n) is 4.30. The highest BCUT2D eigenvalue weighted by Gasteiger charge is 2.23. The molecule has 0 aromatic carbocycles. The Hall–Kier alpha value is -0.570. The lowest BCUT2D eigenvalue weighted by molar-refractivity contribution is -0.126. The van der Waals surface area contributed by atoms with Crippen LogP contribution in [-0.2, 0) is 4.79 Å². The zero-order chi connectivity index (χ0) is 12.1. The molecule has 3 heteroatoms. The van der Waals surface area contributed by atoms with Gasteiger partial charge in [-0.1, -0.05) is 19.3 Å². The monoisotopic (exact) mass is 238 g/mol. The highest BCUT2D eigenvalue weighted by Crippen LogP contribution is 2.23. The first-order chi connectivity index (χ1) is 8.25. The minimum atomic E-state index is 0.305. The van der Waals surface area contributed by atoms with E-state index in [2.05, 4.69) is 17.6 Å². The summed E-state index contributed by atoms with van der Waals surface area (Å²) in [5.41, 5.74) is 0. The first-order valence-electron chi connectivity index (χ1n) is 7.27. The van der Waals surface area contributed by atoms with Gasteiger partial charge >= 0.3 is 0 Å². The van der Waals surface area contributed by atoms with Crippen LogP contribution in [0.2, 0.25) is 0 Å². The Morgan fingerprint density at radius 3 is 2.59 bits per heavy atom. The molecule has 1 saturated heterocycles. The van der Waals surface area contributed by atoms with Gasteiger partial charge in [0.25, 0.3) is 0 Å². The van der Waals surface area contributed by atoms with E-state index in [-0.39, 0.29) is 0 Å². The van der Waals surface area contributed by atoms with E-state index in [1.807, 2.05) is 0 Å². The fraction of sp³-hybridized carbons (Fsp3) is 0.929. The molecule has 1 heterocycles. The molecule has 17 heavy (non-hydrogen) atoms. The Balaban J connectivity index is 1.65. The van der Waals surface area contributed by atoms with E-state index >= 15 is 0 Å². The van der Waals surface area contributed by atoms with E-state index in [9.17, 15) is 4.79 Å². The van der Waals surface area contributed by atoms with Crippen molar-refractivity contribution in [2.75, 3.05) is 13.1 Å². The van der Waals surface area contributed by atoms with E-state index in [1.165, 1.54) is 32.1 Å². The Labute approximate surface area is 105 Å². The normalized spacial score (nSPS) is 31.1. The molecular weight excluding hydrogens is 212 g/mol. The fourth-order valence-corrected chi connectivity index (χ4v) is 2.99. The third kappa shape index (κ3) is 3.98. The van der Waals surface area contributed by atoms with Crippen molar-refractivity contribution in [1.82, 2.24) is 10.6 Å². The summed E-state index contributed by atoms with van der Waals surface area (Å²) in [5.74, 6) is 1.25. The van der Waals surface area contributed by atoms with Crippen molar-refractivity contribution in [3.05, 3.63) is 0 Å². The van der Waals surface area contributed by atoms with Gasteiger partial charge in [-0.25, -0.2) is 0 Å². The quantitative estimate of drug-likeness (QED) is 0.790. The second kappa shape index (κ2) is 6.39. The molecule has 2 fully saturated rings. The van der Waals surface area contributed by atoms with Crippen LogP contribution in [0.5, 0.6) is 0 Å². The van der Waals surface area contributed by atoms with Crippen LogP contribution in [-0.4, -0.2) is 25.0 Å². The van der Waals surface area contributed by atoms with Crippen molar-refractivity contribution in [2.45, 2.75) is 57.9 Å². The molecule has 2 atom stereocenters. The van der Waals surface area contributed by atoms with E-state index in [0.29, 0.717) is 23.8 Å².